The van der Waals surface area contributed by atoms with E-state index in [1.807, 2.05) is 0 Å². The Bertz CT molecular complexity index is 1390. The second-order valence-electron chi connectivity index (χ2n) is 14.0. The minimum Gasteiger partial charge on any atom is -0.250 e. The first kappa shape index (κ1) is 50.4. The van der Waals surface area contributed by atoms with Gasteiger partial charge in [0.25, 0.3) is 23.2 Å². The van der Waals surface area contributed by atoms with E-state index in [1.165, 1.54) is 0 Å². The van der Waals surface area contributed by atoms with E-state index in [-0.39, 0.29) is 13.8 Å². The quantitative estimate of drug-likeness (QED) is 0.169. The minimum atomic E-state index is -6.53. The fourth-order valence-corrected chi connectivity index (χ4v) is 6.59. The molecule has 2 fully saturated rings. The van der Waals surface area contributed by atoms with Crippen LogP contribution in [0.4, 0.5) is 101 Å². The van der Waals surface area contributed by atoms with Gasteiger partial charge in [0.05, 0.1) is 0 Å². The first-order valence-electron chi connectivity index (χ1n) is 15.0. The highest BCUT2D eigenvalue weighted by Gasteiger charge is 2.95. The lowest BCUT2D eigenvalue weighted by molar-refractivity contribution is -0.418. The molecule has 2 rings (SSSR count). The molecule has 55 heavy (non-hydrogen) atoms. The van der Waals surface area contributed by atoms with Gasteiger partial charge in [0, 0.05) is 0 Å². The molecule has 0 N–H and O–H groups in total. The molecule has 2 aliphatic rings. The summed E-state index contributed by atoms with van der Waals surface area (Å²) in [6, 6.07) is 0. The van der Waals surface area contributed by atoms with Crippen molar-refractivity contribution in [3.63, 3.8) is 0 Å². The summed E-state index contributed by atoms with van der Waals surface area (Å²) >= 11 is 0. The van der Waals surface area contributed by atoms with E-state index in [0.717, 1.165) is 0 Å². The van der Waals surface area contributed by atoms with E-state index < -0.39 is 157 Å². The topological polar surface area (TPSA) is 0 Å². The normalized spacial score (nSPS) is 45.2. The molecule has 0 spiro atoms. The number of alkyl halides is 23. The van der Waals surface area contributed by atoms with Gasteiger partial charge >= 0.3 is 29.6 Å². The Balaban J connectivity index is 0.000000550. The van der Waals surface area contributed by atoms with Gasteiger partial charge in [-0.1, -0.05) is 26.3 Å². The summed E-state index contributed by atoms with van der Waals surface area (Å²) in [5.74, 6) is -42.4. The molecule has 0 bridgehead atoms. The van der Waals surface area contributed by atoms with E-state index >= 15 is 0 Å². The molecular weight excluding hydrogens is 821 g/mol. The van der Waals surface area contributed by atoms with Gasteiger partial charge < -0.3 is 0 Å². The van der Waals surface area contributed by atoms with Crippen molar-refractivity contribution in [3.8, 4) is 0 Å². The zero-order valence-corrected chi connectivity index (χ0v) is 28.7. The minimum absolute atomic E-state index is 0.347. The largest absolute Gasteiger partial charge is 0.333 e. The summed E-state index contributed by atoms with van der Waals surface area (Å²) < 4.78 is 334. The maximum absolute atomic E-state index is 14.9. The standard InChI is InChI=1S/C16H16F12.C16H17F11/c1-5-11(19)14(23,24)9(3,7-17)13(21,22)10(4,8-18)15(25,26)12(20,6-2)16(11,27)28;1-5-12(20)9(19)13(21,6-2)16(26,27)11(4,8-18)14(22,23)10(3,7-17)15(12,24)25/h5-6H,1-2,7-8H2,3-4H3;5-6,9H,1-2,7-8H2,3-4H3. The Morgan fingerprint density at radius 1 is 0.345 bits per heavy atom. The van der Waals surface area contributed by atoms with Gasteiger partial charge in [-0.15, -0.1) is 0 Å². The molecule has 8 unspecified atom stereocenters. The molecular formula is C32H33F23. The van der Waals surface area contributed by atoms with Crippen LogP contribution < -0.4 is 0 Å². The molecule has 0 amide bonds. The van der Waals surface area contributed by atoms with Crippen LogP contribution in [-0.4, -0.2) is 97.0 Å². The van der Waals surface area contributed by atoms with Gasteiger partial charge in [-0.2, -0.15) is 8.78 Å². The summed E-state index contributed by atoms with van der Waals surface area (Å²) in [4.78, 5) is 0. The third-order valence-electron chi connectivity index (χ3n) is 11.3. The van der Waals surface area contributed by atoms with Gasteiger partial charge in [0.15, 0.2) is 6.17 Å². The molecule has 0 aromatic heterocycles. The monoisotopic (exact) mass is 854 g/mol. The number of allylic oxidation sites excluding steroid dienone is 4. The van der Waals surface area contributed by atoms with Crippen LogP contribution in [0.25, 0.3) is 0 Å². The van der Waals surface area contributed by atoms with Gasteiger partial charge in [0.1, 0.15) is 48.4 Å². The maximum atomic E-state index is 14.9. The molecule has 0 heterocycles. The molecule has 8 atom stereocenters. The smallest absolute Gasteiger partial charge is 0.250 e. The van der Waals surface area contributed by atoms with Crippen LogP contribution in [0.15, 0.2) is 50.6 Å². The van der Waals surface area contributed by atoms with E-state index in [1.54, 1.807) is 0 Å². The van der Waals surface area contributed by atoms with Crippen molar-refractivity contribution < 1.29 is 101 Å². The molecule has 0 saturated heterocycles. The molecule has 2 saturated carbocycles. The zero-order chi connectivity index (χ0) is 44.7. The highest BCUT2D eigenvalue weighted by Crippen LogP contribution is 2.73. The predicted molar refractivity (Wildman–Crippen MR) is 152 cm³/mol. The molecule has 0 aromatic carbocycles. The van der Waals surface area contributed by atoms with Crippen molar-refractivity contribution in [2.75, 3.05) is 26.7 Å². The first-order valence-corrected chi connectivity index (χ1v) is 15.0. The van der Waals surface area contributed by atoms with E-state index in [2.05, 4.69) is 26.3 Å². The molecule has 23 heteroatoms. The van der Waals surface area contributed by atoms with Crippen molar-refractivity contribution in [1.29, 1.82) is 0 Å². The molecule has 0 nitrogen and oxygen atoms in total. The van der Waals surface area contributed by atoms with Crippen molar-refractivity contribution in [2.45, 2.75) is 98.0 Å². The summed E-state index contributed by atoms with van der Waals surface area (Å²) in [7, 11) is 0. The SMILES string of the molecule is C=CC1(F)C(F)(F)C(F)(C=C)C(F)(F)C(C)(CF)C(F)(F)C(C)(CF)C1(F)F.C=CC1(F)C(F)C(F)(C=C)C(F)(F)C(C)(CF)C(F)(F)C(C)(CF)C1(F)F. The maximum Gasteiger partial charge on any atom is 0.333 e. The fraction of sp³-hybridized carbons (Fsp3) is 0.750. The number of rotatable bonds is 8. The zero-order valence-electron chi connectivity index (χ0n) is 28.7. The summed E-state index contributed by atoms with van der Waals surface area (Å²) in [6.07, 6.45) is -8.05. The Labute approximate surface area is 298 Å². The lowest BCUT2D eigenvalue weighted by atomic mass is 9.54. The lowest BCUT2D eigenvalue weighted by Crippen LogP contribution is -2.82. The average Bonchev–Trinajstić information content (AvgIpc) is 3.12. The van der Waals surface area contributed by atoms with Crippen molar-refractivity contribution in [2.24, 2.45) is 21.7 Å². The van der Waals surface area contributed by atoms with Gasteiger partial charge in [0.2, 0.25) is 11.3 Å². The van der Waals surface area contributed by atoms with Crippen molar-refractivity contribution in [1.82, 2.24) is 0 Å². The number of halogens is 23. The summed E-state index contributed by atoms with van der Waals surface area (Å²) in [6.45, 7) is -4.13. The highest BCUT2D eigenvalue weighted by atomic mass is 19.3. The first-order chi connectivity index (χ1) is 24.1. The second-order valence-corrected chi connectivity index (χ2v) is 14.0. The Hall–Kier alpha value is -2.65. The van der Waals surface area contributed by atoms with Crippen LogP contribution in [0, 0.1) is 21.7 Å². The third kappa shape index (κ3) is 4.93. The molecule has 0 radical (unpaired) electrons. The van der Waals surface area contributed by atoms with Crippen LogP contribution in [0.1, 0.15) is 27.7 Å². The Morgan fingerprint density at radius 3 is 0.709 bits per heavy atom. The van der Waals surface area contributed by atoms with Crippen LogP contribution in [0.5, 0.6) is 0 Å². The van der Waals surface area contributed by atoms with E-state index in [4.69, 9.17) is 0 Å². The van der Waals surface area contributed by atoms with Crippen molar-refractivity contribution in [3.05, 3.63) is 50.6 Å². The molecule has 2 aliphatic carbocycles. The average molecular weight is 855 g/mol. The summed E-state index contributed by atoms with van der Waals surface area (Å²) in [5.41, 5.74) is -41.5. The van der Waals surface area contributed by atoms with Crippen LogP contribution in [0.2, 0.25) is 0 Å². The Morgan fingerprint density at radius 2 is 0.545 bits per heavy atom. The molecule has 0 aliphatic heterocycles. The Kier molecular flexibility index (Phi) is 12.3. The van der Waals surface area contributed by atoms with Gasteiger partial charge in [-0.25, -0.2) is 74.6 Å². The summed E-state index contributed by atoms with van der Waals surface area (Å²) in [5, 5.41) is 0. The highest BCUT2D eigenvalue weighted by molar-refractivity contribution is 5.36. The van der Waals surface area contributed by atoms with E-state index in [0.29, 0.717) is 0 Å². The molecule has 0 aromatic rings. The molecule has 322 valence electrons. The number of hydrogen-bond donors (Lipinski definition) is 0. The predicted octanol–water partition coefficient (Wildman–Crippen LogP) is 12.3. The lowest BCUT2D eigenvalue weighted by Gasteiger charge is -2.59. The van der Waals surface area contributed by atoms with Gasteiger partial charge in [-0.05, 0) is 52.0 Å². The van der Waals surface area contributed by atoms with Crippen LogP contribution >= 0.6 is 0 Å². The van der Waals surface area contributed by atoms with Crippen LogP contribution in [0.3, 0.4) is 0 Å². The van der Waals surface area contributed by atoms with Crippen molar-refractivity contribution >= 4 is 0 Å². The van der Waals surface area contributed by atoms with E-state index in [9.17, 15) is 101 Å². The van der Waals surface area contributed by atoms with Gasteiger partial charge in [-0.3, -0.25) is 17.6 Å². The second kappa shape index (κ2) is 13.5. The third-order valence-corrected chi connectivity index (χ3v) is 11.3. The van der Waals surface area contributed by atoms with Crippen LogP contribution in [-0.2, 0) is 0 Å². The number of hydrogen-bond acceptors (Lipinski definition) is 0. The fourth-order valence-electron chi connectivity index (χ4n) is 6.59.